The molecule has 4 heteroatoms. The van der Waals surface area contributed by atoms with Gasteiger partial charge in [-0.05, 0) is 44.6 Å². The van der Waals surface area contributed by atoms with Crippen molar-refractivity contribution >= 4 is 11.3 Å². The minimum Gasteiger partial charge on any atom is -0.368 e. The van der Waals surface area contributed by atoms with Crippen molar-refractivity contribution in [3.05, 3.63) is 16.1 Å². The van der Waals surface area contributed by atoms with Gasteiger partial charge in [0.25, 0.3) is 0 Å². The fourth-order valence-corrected chi connectivity index (χ4v) is 3.91. The number of hydrogen-bond donors (Lipinski definition) is 1. The largest absolute Gasteiger partial charge is 0.368 e. The van der Waals surface area contributed by atoms with Crippen LogP contribution >= 0.6 is 11.3 Å². The van der Waals surface area contributed by atoms with Gasteiger partial charge in [-0.15, -0.1) is 11.3 Å². The molecule has 0 saturated heterocycles. The van der Waals surface area contributed by atoms with E-state index in [9.17, 15) is 0 Å². The molecule has 1 aromatic heterocycles. The molecule has 2 rings (SSSR count). The average Bonchev–Trinajstić information content (AvgIpc) is 2.89. The van der Waals surface area contributed by atoms with E-state index in [4.69, 9.17) is 9.72 Å². The first-order valence-electron chi connectivity index (χ1n) is 7.81. The lowest BCUT2D eigenvalue weighted by Gasteiger charge is -2.42. The van der Waals surface area contributed by atoms with Crippen molar-refractivity contribution in [1.29, 1.82) is 0 Å². The Hall–Kier alpha value is -0.450. The van der Waals surface area contributed by atoms with Crippen LogP contribution in [0.1, 0.15) is 64.1 Å². The molecule has 1 saturated carbocycles. The Balaban J connectivity index is 2.14. The standard InChI is InChI=1S/C16H28N2OS/c1-5-17-11-13-12-20-14(18-13)16(19-6-2)9-7-15(3,4)8-10-16/h12,17H,5-11H2,1-4H3. The summed E-state index contributed by atoms with van der Waals surface area (Å²) in [4.78, 5) is 4.84. The van der Waals surface area contributed by atoms with Crippen LogP contribution in [-0.2, 0) is 16.9 Å². The van der Waals surface area contributed by atoms with E-state index in [0.29, 0.717) is 5.41 Å². The van der Waals surface area contributed by atoms with Gasteiger partial charge in [-0.3, -0.25) is 0 Å². The molecule has 0 spiro atoms. The van der Waals surface area contributed by atoms with Gasteiger partial charge in [0, 0.05) is 18.5 Å². The molecule has 1 aromatic rings. The van der Waals surface area contributed by atoms with Gasteiger partial charge in [0.1, 0.15) is 10.6 Å². The van der Waals surface area contributed by atoms with Crippen LogP contribution in [0.2, 0.25) is 0 Å². The summed E-state index contributed by atoms with van der Waals surface area (Å²) < 4.78 is 6.20. The fourth-order valence-electron chi connectivity index (χ4n) is 2.88. The summed E-state index contributed by atoms with van der Waals surface area (Å²) in [7, 11) is 0. The maximum Gasteiger partial charge on any atom is 0.125 e. The van der Waals surface area contributed by atoms with E-state index in [2.05, 4.69) is 38.4 Å². The highest BCUT2D eigenvalue weighted by atomic mass is 32.1. The summed E-state index contributed by atoms with van der Waals surface area (Å²) in [6.45, 7) is 11.6. The van der Waals surface area contributed by atoms with Gasteiger partial charge in [-0.1, -0.05) is 20.8 Å². The Morgan fingerprint density at radius 3 is 2.55 bits per heavy atom. The van der Waals surface area contributed by atoms with Crippen molar-refractivity contribution < 1.29 is 4.74 Å². The van der Waals surface area contributed by atoms with Crippen LogP contribution in [0.3, 0.4) is 0 Å². The van der Waals surface area contributed by atoms with Crippen LogP contribution in [0.4, 0.5) is 0 Å². The van der Waals surface area contributed by atoms with Gasteiger partial charge in [0.15, 0.2) is 0 Å². The number of nitrogens with one attached hydrogen (secondary N) is 1. The van der Waals surface area contributed by atoms with Gasteiger partial charge < -0.3 is 10.1 Å². The molecular formula is C16H28N2OS. The number of aromatic nitrogens is 1. The first-order valence-corrected chi connectivity index (χ1v) is 8.69. The van der Waals surface area contributed by atoms with Crippen molar-refractivity contribution in [3.8, 4) is 0 Å². The third-order valence-electron chi connectivity index (χ3n) is 4.33. The molecule has 0 aromatic carbocycles. The predicted octanol–water partition coefficient (Wildman–Crippen LogP) is 4.08. The summed E-state index contributed by atoms with van der Waals surface area (Å²) in [5.74, 6) is 0. The summed E-state index contributed by atoms with van der Waals surface area (Å²) in [5, 5.41) is 6.70. The third kappa shape index (κ3) is 3.60. The minimum absolute atomic E-state index is 0.126. The van der Waals surface area contributed by atoms with E-state index in [1.54, 1.807) is 11.3 Å². The summed E-state index contributed by atoms with van der Waals surface area (Å²) >= 11 is 1.77. The second-order valence-electron chi connectivity index (χ2n) is 6.52. The van der Waals surface area contributed by atoms with Crippen LogP contribution in [-0.4, -0.2) is 18.1 Å². The fraction of sp³-hybridized carbons (Fsp3) is 0.812. The normalized spacial score (nSPS) is 21.0. The Morgan fingerprint density at radius 1 is 1.25 bits per heavy atom. The van der Waals surface area contributed by atoms with Crippen LogP contribution in [0.25, 0.3) is 0 Å². The van der Waals surface area contributed by atoms with Gasteiger partial charge in [0.05, 0.1) is 5.69 Å². The lowest BCUT2D eigenvalue weighted by molar-refractivity contribution is -0.0891. The smallest absolute Gasteiger partial charge is 0.125 e. The number of thiazole rings is 1. The zero-order valence-electron chi connectivity index (χ0n) is 13.3. The summed E-state index contributed by atoms with van der Waals surface area (Å²) in [6.07, 6.45) is 4.63. The zero-order chi connectivity index (χ0) is 14.6. The molecule has 1 fully saturated rings. The number of rotatable bonds is 6. The highest BCUT2D eigenvalue weighted by Crippen LogP contribution is 2.48. The van der Waals surface area contributed by atoms with E-state index in [1.807, 2.05) is 0 Å². The maximum absolute atomic E-state index is 6.20. The molecule has 20 heavy (non-hydrogen) atoms. The molecule has 0 atom stereocenters. The van der Waals surface area contributed by atoms with Crippen molar-refractivity contribution in [1.82, 2.24) is 10.3 Å². The minimum atomic E-state index is -0.126. The molecule has 0 unspecified atom stereocenters. The van der Waals surface area contributed by atoms with E-state index >= 15 is 0 Å². The molecule has 0 aliphatic heterocycles. The molecule has 0 amide bonds. The molecule has 0 bridgehead atoms. The topological polar surface area (TPSA) is 34.1 Å². The van der Waals surface area contributed by atoms with Crippen molar-refractivity contribution in [3.63, 3.8) is 0 Å². The van der Waals surface area contributed by atoms with Gasteiger partial charge in [-0.25, -0.2) is 4.98 Å². The first kappa shape index (κ1) is 15.9. The molecule has 1 aliphatic carbocycles. The van der Waals surface area contributed by atoms with Crippen molar-refractivity contribution in [2.24, 2.45) is 5.41 Å². The van der Waals surface area contributed by atoms with E-state index < -0.39 is 0 Å². The van der Waals surface area contributed by atoms with Crippen LogP contribution < -0.4 is 5.32 Å². The lowest BCUT2D eigenvalue weighted by atomic mass is 9.71. The quantitative estimate of drug-likeness (QED) is 0.858. The molecular weight excluding hydrogens is 268 g/mol. The molecule has 114 valence electrons. The van der Waals surface area contributed by atoms with Gasteiger partial charge in [0.2, 0.25) is 0 Å². The van der Waals surface area contributed by atoms with Crippen molar-refractivity contribution in [2.75, 3.05) is 13.2 Å². The summed E-state index contributed by atoms with van der Waals surface area (Å²) in [6, 6.07) is 0. The van der Waals surface area contributed by atoms with Crippen LogP contribution in [0.5, 0.6) is 0 Å². The second kappa shape index (κ2) is 6.54. The average molecular weight is 296 g/mol. The van der Waals surface area contributed by atoms with E-state index in [-0.39, 0.29) is 5.60 Å². The Bertz CT molecular complexity index is 418. The highest BCUT2D eigenvalue weighted by Gasteiger charge is 2.42. The Kier molecular flexibility index (Phi) is 5.21. The third-order valence-corrected chi connectivity index (χ3v) is 5.41. The molecule has 3 nitrogen and oxygen atoms in total. The maximum atomic E-state index is 6.20. The lowest BCUT2D eigenvalue weighted by Crippen LogP contribution is -2.37. The van der Waals surface area contributed by atoms with Crippen LogP contribution in [0.15, 0.2) is 5.38 Å². The molecule has 1 N–H and O–H groups in total. The van der Waals surface area contributed by atoms with E-state index in [1.165, 1.54) is 17.8 Å². The molecule has 1 heterocycles. The monoisotopic (exact) mass is 296 g/mol. The highest BCUT2D eigenvalue weighted by molar-refractivity contribution is 7.09. The first-order chi connectivity index (χ1) is 9.51. The number of ether oxygens (including phenoxy) is 1. The SMILES string of the molecule is CCNCc1csc(C2(OCC)CCC(C)(C)CC2)n1. The van der Waals surface area contributed by atoms with Gasteiger partial charge in [-0.2, -0.15) is 0 Å². The van der Waals surface area contributed by atoms with Gasteiger partial charge >= 0.3 is 0 Å². The Morgan fingerprint density at radius 2 is 1.95 bits per heavy atom. The number of hydrogen-bond acceptors (Lipinski definition) is 4. The predicted molar refractivity (Wildman–Crippen MR) is 85.0 cm³/mol. The molecule has 1 aliphatic rings. The van der Waals surface area contributed by atoms with Crippen LogP contribution in [0, 0.1) is 5.41 Å². The molecule has 0 radical (unpaired) electrons. The van der Waals surface area contributed by atoms with Crippen molar-refractivity contribution in [2.45, 2.75) is 65.5 Å². The Labute approximate surface area is 127 Å². The summed E-state index contributed by atoms with van der Waals surface area (Å²) in [5.41, 5.74) is 1.47. The zero-order valence-corrected chi connectivity index (χ0v) is 14.1. The van der Waals surface area contributed by atoms with E-state index in [0.717, 1.165) is 38.2 Å². The second-order valence-corrected chi connectivity index (χ2v) is 7.37. The number of nitrogens with zero attached hydrogens (tertiary/aromatic N) is 1.